The number of hydrogen-bond acceptors (Lipinski definition) is 4. The molecule has 6 nitrogen and oxygen atoms in total. The number of amides is 3. The van der Waals surface area contributed by atoms with Crippen LogP contribution >= 0.6 is 0 Å². The zero-order valence-electron chi connectivity index (χ0n) is 13.9. The highest BCUT2D eigenvalue weighted by Crippen LogP contribution is 2.35. The summed E-state index contributed by atoms with van der Waals surface area (Å²) in [5.74, 6) is -0.0326. The van der Waals surface area contributed by atoms with Gasteiger partial charge >= 0.3 is 6.03 Å². The lowest BCUT2D eigenvalue weighted by Gasteiger charge is -2.33. The van der Waals surface area contributed by atoms with Crippen molar-refractivity contribution >= 4 is 23.3 Å². The van der Waals surface area contributed by atoms with Gasteiger partial charge in [0, 0.05) is 31.0 Å². The van der Waals surface area contributed by atoms with Crippen LogP contribution in [0.2, 0.25) is 0 Å². The van der Waals surface area contributed by atoms with Crippen LogP contribution in [0, 0.1) is 0 Å². The molecule has 1 saturated carbocycles. The summed E-state index contributed by atoms with van der Waals surface area (Å²) in [6, 6.07) is 5.75. The zero-order chi connectivity index (χ0) is 16.7. The number of nitrogen functional groups attached to an aromatic ring is 1. The van der Waals surface area contributed by atoms with Crippen molar-refractivity contribution in [2.75, 3.05) is 30.3 Å². The Morgan fingerprint density at radius 1 is 1.12 bits per heavy atom. The monoisotopic (exact) mass is 328 g/mol. The Hall–Kier alpha value is -2.24. The minimum Gasteiger partial charge on any atom is -0.398 e. The van der Waals surface area contributed by atoms with E-state index in [1.807, 2.05) is 12.1 Å². The van der Waals surface area contributed by atoms with Crippen molar-refractivity contribution in [1.29, 1.82) is 0 Å². The maximum Gasteiger partial charge on any atom is 0.325 e. The van der Waals surface area contributed by atoms with Gasteiger partial charge in [-0.05, 0) is 43.4 Å². The largest absolute Gasteiger partial charge is 0.398 e. The van der Waals surface area contributed by atoms with E-state index in [1.165, 1.54) is 10.5 Å². The number of carbonyl (C=O) groups is 2. The standard InChI is InChI=1S/C18H24N4O2/c19-14-6-3-7-15-13(14)5-4-10-21(15)11-12-22-16(23)18(20-17(22)24)8-1-2-9-18/h3,6-7H,1-2,4-5,8-12,19H2,(H,20,24). The Balaban J connectivity index is 1.48. The fourth-order valence-electron chi connectivity index (χ4n) is 4.38. The topological polar surface area (TPSA) is 78.7 Å². The highest BCUT2D eigenvalue weighted by molar-refractivity contribution is 6.07. The summed E-state index contributed by atoms with van der Waals surface area (Å²) in [7, 11) is 0. The number of fused-ring (bicyclic) bond motifs is 1. The summed E-state index contributed by atoms with van der Waals surface area (Å²) in [5.41, 5.74) is 8.64. The van der Waals surface area contributed by atoms with Gasteiger partial charge in [0.2, 0.25) is 0 Å². The van der Waals surface area contributed by atoms with Gasteiger partial charge in [0.15, 0.2) is 0 Å². The first-order chi connectivity index (χ1) is 11.6. The minimum absolute atomic E-state index is 0.0326. The molecule has 0 atom stereocenters. The first-order valence-corrected chi connectivity index (χ1v) is 8.87. The zero-order valence-corrected chi connectivity index (χ0v) is 13.9. The predicted octanol–water partition coefficient (Wildman–Crippen LogP) is 1.89. The molecule has 1 aliphatic carbocycles. The van der Waals surface area contributed by atoms with Crippen LogP contribution in [0.5, 0.6) is 0 Å². The maximum absolute atomic E-state index is 12.7. The van der Waals surface area contributed by atoms with Gasteiger partial charge in [-0.2, -0.15) is 0 Å². The first kappa shape index (κ1) is 15.3. The average molecular weight is 328 g/mol. The molecule has 3 N–H and O–H groups in total. The average Bonchev–Trinajstić information content (AvgIpc) is 3.13. The lowest BCUT2D eigenvalue weighted by atomic mass is 9.98. The van der Waals surface area contributed by atoms with Crippen LogP contribution in [0.3, 0.4) is 0 Å². The van der Waals surface area contributed by atoms with E-state index in [2.05, 4.69) is 16.3 Å². The molecular formula is C18H24N4O2. The molecule has 0 aromatic heterocycles. The molecule has 1 aromatic rings. The van der Waals surface area contributed by atoms with Crippen LogP contribution in [-0.2, 0) is 11.2 Å². The maximum atomic E-state index is 12.7. The highest BCUT2D eigenvalue weighted by Gasteiger charge is 2.52. The summed E-state index contributed by atoms with van der Waals surface area (Å²) in [6.45, 7) is 2.03. The fraction of sp³-hybridized carbons (Fsp3) is 0.556. The molecule has 0 bridgehead atoms. The van der Waals surface area contributed by atoms with Crippen molar-refractivity contribution in [3.05, 3.63) is 23.8 Å². The Bertz CT molecular complexity index is 682. The summed E-state index contributed by atoms with van der Waals surface area (Å²) in [5, 5.41) is 2.94. The van der Waals surface area contributed by atoms with E-state index in [0.29, 0.717) is 13.1 Å². The number of nitrogens with two attached hydrogens (primary N) is 1. The van der Waals surface area contributed by atoms with E-state index in [9.17, 15) is 9.59 Å². The Labute approximate surface area is 142 Å². The van der Waals surface area contributed by atoms with Crippen molar-refractivity contribution in [2.45, 2.75) is 44.1 Å². The number of benzene rings is 1. The van der Waals surface area contributed by atoms with Crippen molar-refractivity contribution in [3.63, 3.8) is 0 Å². The second kappa shape index (κ2) is 5.69. The lowest BCUT2D eigenvalue weighted by molar-refractivity contribution is -0.131. The van der Waals surface area contributed by atoms with Gasteiger partial charge in [-0.15, -0.1) is 0 Å². The van der Waals surface area contributed by atoms with Gasteiger partial charge in [0.1, 0.15) is 5.54 Å². The van der Waals surface area contributed by atoms with E-state index >= 15 is 0 Å². The van der Waals surface area contributed by atoms with Crippen molar-refractivity contribution < 1.29 is 9.59 Å². The molecule has 0 unspecified atom stereocenters. The quantitative estimate of drug-likeness (QED) is 0.656. The number of urea groups is 1. The lowest BCUT2D eigenvalue weighted by Crippen LogP contribution is -2.45. The second-order valence-electron chi connectivity index (χ2n) is 7.11. The van der Waals surface area contributed by atoms with Crippen molar-refractivity contribution in [3.8, 4) is 0 Å². The summed E-state index contributed by atoms with van der Waals surface area (Å²) >= 11 is 0. The molecule has 6 heteroatoms. The van der Waals surface area contributed by atoms with Crippen LogP contribution in [0.1, 0.15) is 37.7 Å². The number of hydrogen-bond donors (Lipinski definition) is 2. The minimum atomic E-state index is -0.610. The van der Waals surface area contributed by atoms with Crippen molar-refractivity contribution in [2.24, 2.45) is 0 Å². The summed E-state index contributed by atoms with van der Waals surface area (Å²) < 4.78 is 0. The number of carbonyl (C=O) groups excluding carboxylic acids is 2. The van der Waals surface area contributed by atoms with Crippen LogP contribution < -0.4 is 16.0 Å². The number of imide groups is 1. The van der Waals surface area contributed by atoms with Gasteiger partial charge in [0.05, 0.1) is 0 Å². The third-order valence-electron chi connectivity index (χ3n) is 5.68. The number of nitrogens with zero attached hydrogens (tertiary/aromatic N) is 2. The summed E-state index contributed by atoms with van der Waals surface area (Å²) in [6.07, 6.45) is 5.61. The number of rotatable bonds is 3. The van der Waals surface area contributed by atoms with E-state index in [0.717, 1.165) is 56.4 Å². The van der Waals surface area contributed by atoms with Gasteiger partial charge in [0.25, 0.3) is 5.91 Å². The highest BCUT2D eigenvalue weighted by atomic mass is 16.2. The van der Waals surface area contributed by atoms with Gasteiger partial charge in [-0.3, -0.25) is 9.69 Å². The molecule has 24 heavy (non-hydrogen) atoms. The predicted molar refractivity (Wildman–Crippen MR) is 92.8 cm³/mol. The van der Waals surface area contributed by atoms with Gasteiger partial charge in [-0.25, -0.2) is 4.79 Å². The molecule has 2 aliphatic heterocycles. The van der Waals surface area contributed by atoms with Gasteiger partial charge < -0.3 is 16.0 Å². The number of nitrogens with one attached hydrogen (secondary N) is 1. The molecule has 3 aliphatic rings. The fourth-order valence-corrected chi connectivity index (χ4v) is 4.38. The van der Waals surface area contributed by atoms with E-state index in [-0.39, 0.29) is 11.9 Å². The van der Waals surface area contributed by atoms with Crippen LogP contribution in [-0.4, -0.2) is 42.0 Å². The Kier molecular flexibility index (Phi) is 3.62. The van der Waals surface area contributed by atoms with Crippen LogP contribution in [0.15, 0.2) is 18.2 Å². The molecule has 4 rings (SSSR count). The third-order valence-corrected chi connectivity index (χ3v) is 5.68. The van der Waals surface area contributed by atoms with E-state index < -0.39 is 5.54 Å². The smallest absolute Gasteiger partial charge is 0.325 e. The SMILES string of the molecule is Nc1cccc2c1CCCN2CCN1C(=O)NC2(CCCC2)C1=O. The van der Waals surface area contributed by atoms with E-state index in [4.69, 9.17) is 5.73 Å². The molecular weight excluding hydrogens is 304 g/mol. The first-order valence-electron chi connectivity index (χ1n) is 8.87. The normalized spacial score (nSPS) is 22.2. The molecule has 0 radical (unpaired) electrons. The Morgan fingerprint density at radius 2 is 1.92 bits per heavy atom. The second-order valence-corrected chi connectivity index (χ2v) is 7.11. The molecule has 2 heterocycles. The van der Waals surface area contributed by atoms with Crippen LogP contribution in [0.25, 0.3) is 0 Å². The molecule has 128 valence electrons. The van der Waals surface area contributed by atoms with Crippen LogP contribution in [0.4, 0.5) is 16.2 Å². The molecule has 3 amide bonds. The third kappa shape index (κ3) is 2.32. The summed E-state index contributed by atoms with van der Waals surface area (Å²) in [4.78, 5) is 28.6. The number of anilines is 2. The van der Waals surface area contributed by atoms with Crippen molar-refractivity contribution in [1.82, 2.24) is 10.2 Å². The van der Waals surface area contributed by atoms with Gasteiger partial charge in [-0.1, -0.05) is 18.9 Å². The Morgan fingerprint density at radius 3 is 2.71 bits per heavy atom. The van der Waals surface area contributed by atoms with E-state index in [1.54, 1.807) is 0 Å². The molecule has 2 fully saturated rings. The molecule has 1 aromatic carbocycles. The molecule has 1 spiro atoms. The molecule has 1 saturated heterocycles.